The summed E-state index contributed by atoms with van der Waals surface area (Å²) >= 11 is 0. The SMILES string of the molecule is COOOCOOO. The number of hydrogen-bond acceptors (Lipinski definition) is 6. The zero-order chi connectivity index (χ0) is 6.24. The minimum Gasteiger partial charge on any atom is -0.221 e. The van der Waals surface area contributed by atoms with Crippen molar-refractivity contribution in [2.75, 3.05) is 13.9 Å². The van der Waals surface area contributed by atoms with Crippen LogP contribution in [0.2, 0.25) is 0 Å². The lowest BCUT2D eigenvalue weighted by molar-refractivity contribution is -0.578. The highest BCUT2D eigenvalue weighted by Crippen LogP contribution is 1.78. The Morgan fingerprint density at radius 3 is 2.62 bits per heavy atom. The molecule has 0 bridgehead atoms. The smallest absolute Gasteiger partial charge is 0.220 e. The van der Waals surface area contributed by atoms with E-state index in [1.807, 2.05) is 0 Å². The average molecular weight is 126 g/mol. The quantitative estimate of drug-likeness (QED) is 0.239. The molecule has 0 rings (SSSR count). The fraction of sp³-hybridized carbons (Fsp3) is 1.00. The molecular formula is C2H6O6. The van der Waals surface area contributed by atoms with Gasteiger partial charge in [0, 0.05) is 0 Å². The third kappa shape index (κ3) is 5.76. The van der Waals surface area contributed by atoms with Crippen LogP contribution in [0.15, 0.2) is 0 Å². The van der Waals surface area contributed by atoms with E-state index < -0.39 is 0 Å². The van der Waals surface area contributed by atoms with Crippen molar-refractivity contribution in [1.29, 1.82) is 0 Å². The largest absolute Gasteiger partial charge is 0.221 e. The van der Waals surface area contributed by atoms with E-state index in [4.69, 9.17) is 5.26 Å². The van der Waals surface area contributed by atoms with Crippen LogP contribution < -0.4 is 0 Å². The third-order valence-corrected chi connectivity index (χ3v) is 0.265. The van der Waals surface area contributed by atoms with Crippen molar-refractivity contribution in [3.05, 3.63) is 0 Å². The average Bonchev–Trinajstić information content (AvgIpc) is 1.81. The Bertz CT molecular complexity index is 31.5. The van der Waals surface area contributed by atoms with Crippen molar-refractivity contribution in [2.45, 2.75) is 0 Å². The minimum atomic E-state index is -0.371. The molecule has 0 aromatic rings. The molecule has 0 aromatic carbocycles. The monoisotopic (exact) mass is 126 g/mol. The van der Waals surface area contributed by atoms with Gasteiger partial charge < -0.3 is 0 Å². The van der Waals surface area contributed by atoms with E-state index in [-0.39, 0.29) is 6.79 Å². The lowest BCUT2D eigenvalue weighted by atomic mass is 11.5. The normalized spacial score (nSPS) is 9.75. The first-order valence-corrected chi connectivity index (χ1v) is 1.67. The van der Waals surface area contributed by atoms with Crippen LogP contribution in [0.25, 0.3) is 0 Å². The summed E-state index contributed by atoms with van der Waals surface area (Å²) < 4.78 is 0. The van der Waals surface area contributed by atoms with Gasteiger partial charge in [0.05, 0.1) is 7.11 Å². The molecule has 8 heavy (non-hydrogen) atoms. The van der Waals surface area contributed by atoms with Crippen molar-refractivity contribution in [3.63, 3.8) is 0 Å². The molecule has 0 radical (unpaired) electrons. The number of rotatable bonds is 5. The molecule has 6 heteroatoms. The maximum atomic E-state index is 7.47. The zero-order valence-corrected chi connectivity index (χ0v) is 4.20. The van der Waals surface area contributed by atoms with Gasteiger partial charge in [-0.05, 0) is 0 Å². The second-order valence-corrected chi connectivity index (χ2v) is 0.663. The van der Waals surface area contributed by atoms with E-state index in [0.717, 1.165) is 0 Å². The molecule has 0 atom stereocenters. The molecule has 0 saturated carbocycles. The fourth-order valence-corrected chi connectivity index (χ4v) is 0.109. The van der Waals surface area contributed by atoms with Gasteiger partial charge in [-0.15, -0.1) is 0 Å². The van der Waals surface area contributed by atoms with Gasteiger partial charge in [-0.3, -0.25) is 0 Å². The lowest BCUT2D eigenvalue weighted by Crippen LogP contribution is -1.99. The molecular weight excluding hydrogens is 120 g/mol. The summed E-state index contributed by atoms with van der Waals surface area (Å²) in [5.74, 6) is 0. The Labute approximate surface area is 45.2 Å². The maximum absolute atomic E-state index is 7.47. The van der Waals surface area contributed by atoms with Crippen LogP contribution in [-0.2, 0) is 24.7 Å². The zero-order valence-electron chi connectivity index (χ0n) is 4.20. The highest BCUT2D eigenvalue weighted by Gasteiger charge is 1.84. The van der Waals surface area contributed by atoms with Gasteiger partial charge in [0.25, 0.3) is 0 Å². The van der Waals surface area contributed by atoms with E-state index in [1.165, 1.54) is 7.11 Å². The summed E-state index contributed by atoms with van der Waals surface area (Å²) in [5, 5.41) is 14.4. The summed E-state index contributed by atoms with van der Waals surface area (Å²) in [6.07, 6.45) is 0. The van der Waals surface area contributed by atoms with Gasteiger partial charge in [-0.2, -0.15) is 9.78 Å². The second kappa shape index (κ2) is 6.76. The Balaban J connectivity index is 2.53. The summed E-state index contributed by atoms with van der Waals surface area (Å²) in [4.78, 5) is 11.7. The van der Waals surface area contributed by atoms with E-state index >= 15 is 0 Å². The second-order valence-electron chi connectivity index (χ2n) is 0.663. The van der Waals surface area contributed by atoms with Crippen LogP contribution in [-0.4, -0.2) is 19.2 Å². The molecule has 0 unspecified atom stereocenters. The van der Waals surface area contributed by atoms with Gasteiger partial charge in [-0.1, -0.05) is 10.1 Å². The van der Waals surface area contributed by atoms with Crippen LogP contribution in [0.4, 0.5) is 0 Å². The standard InChI is InChI=1S/C2H6O6/c1-4-8-6-2-5-7-3/h3H,2H2,1H3. The van der Waals surface area contributed by atoms with Crippen molar-refractivity contribution in [3.8, 4) is 0 Å². The summed E-state index contributed by atoms with van der Waals surface area (Å²) in [7, 11) is 1.25. The predicted molar refractivity (Wildman–Crippen MR) is 18.8 cm³/mol. The molecule has 6 nitrogen and oxygen atoms in total. The molecule has 50 valence electrons. The molecule has 0 aliphatic rings. The summed E-state index contributed by atoms with van der Waals surface area (Å²) in [6.45, 7) is -0.371. The lowest BCUT2D eigenvalue weighted by Gasteiger charge is -1.95. The molecule has 0 saturated heterocycles. The molecule has 0 aliphatic carbocycles. The minimum absolute atomic E-state index is 0.371. The third-order valence-electron chi connectivity index (χ3n) is 0.265. The van der Waals surface area contributed by atoms with Gasteiger partial charge >= 0.3 is 0 Å². The van der Waals surface area contributed by atoms with Gasteiger partial charge in [0.2, 0.25) is 6.79 Å². The van der Waals surface area contributed by atoms with Crippen LogP contribution in [0.1, 0.15) is 0 Å². The van der Waals surface area contributed by atoms with Crippen LogP contribution in [0.5, 0.6) is 0 Å². The Hall–Kier alpha value is -0.240. The highest BCUT2D eigenvalue weighted by molar-refractivity contribution is 3.69. The van der Waals surface area contributed by atoms with Gasteiger partial charge in [0.15, 0.2) is 0 Å². The predicted octanol–water partition coefficient (Wildman–Crippen LogP) is -0.125. The van der Waals surface area contributed by atoms with E-state index in [0.29, 0.717) is 0 Å². The highest BCUT2D eigenvalue weighted by atomic mass is 17.5. The van der Waals surface area contributed by atoms with Crippen LogP contribution >= 0.6 is 0 Å². The molecule has 0 heterocycles. The van der Waals surface area contributed by atoms with E-state index in [9.17, 15) is 0 Å². The maximum Gasteiger partial charge on any atom is 0.220 e. The Morgan fingerprint density at radius 1 is 1.38 bits per heavy atom. The molecule has 0 amide bonds. The molecule has 0 aliphatic heterocycles. The first-order valence-electron chi connectivity index (χ1n) is 1.67. The van der Waals surface area contributed by atoms with Crippen molar-refractivity contribution in [2.24, 2.45) is 0 Å². The van der Waals surface area contributed by atoms with Gasteiger partial charge in [-0.25, -0.2) is 10.1 Å². The van der Waals surface area contributed by atoms with E-state index in [2.05, 4.69) is 24.7 Å². The van der Waals surface area contributed by atoms with Crippen LogP contribution in [0, 0.1) is 0 Å². The molecule has 0 aromatic heterocycles. The molecule has 0 spiro atoms. The van der Waals surface area contributed by atoms with Crippen molar-refractivity contribution in [1.82, 2.24) is 0 Å². The summed E-state index contributed by atoms with van der Waals surface area (Å²) in [6, 6.07) is 0. The first kappa shape index (κ1) is 7.76. The van der Waals surface area contributed by atoms with Crippen molar-refractivity contribution < 1.29 is 30.0 Å². The topological polar surface area (TPSA) is 66.4 Å². The van der Waals surface area contributed by atoms with E-state index in [1.54, 1.807) is 0 Å². The Morgan fingerprint density at radius 2 is 2.12 bits per heavy atom. The fourth-order valence-electron chi connectivity index (χ4n) is 0.109. The van der Waals surface area contributed by atoms with Crippen LogP contribution in [0.3, 0.4) is 0 Å². The molecule has 1 N–H and O–H groups in total. The first-order chi connectivity index (χ1) is 3.91. The van der Waals surface area contributed by atoms with Crippen molar-refractivity contribution >= 4 is 0 Å². The number of hydrogen-bond donors (Lipinski definition) is 1. The Kier molecular flexibility index (Phi) is 6.56. The summed E-state index contributed by atoms with van der Waals surface area (Å²) in [5.41, 5.74) is 0. The molecule has 0 fully saturated rings. The van der Waals surface area contributed by atoms with Gasteiger partial charge in [0.1, 0.15) is 0 Å².